The van der Waals surface area contributed by atoms with Gasteiger partial charge in [0.1, 0.15) is 0 Å². The lowest BCUT2D eigenvalue weighted by molar-refractivity contribution is 0.102. The summed E-state index contributed by atoms with van der Waals surface area (Å²) in [6, 6.07) is 26.2. The monoisotopic (exact) mass is 470 g/mol. The van der Waals surface area contributed by atoms with Gasteiger partial charge in [0.15, 0.2) is 0 Å². The standard InChI is InChI=1S/C29H22N6O/c1-19-2-4-21(17-28(19)35-27-12-15-32-26-9-3-20(18-30)16-25(26)27)29(36)34-23-7-5-22(6-8-23)33-24-10-13-31-14-11-24/h2-17H,1H3,(H,31,33)(H,32,35)(H,34,36). The summed E-state index contributed by atoms with van der Waals surface area (Å²) in [5.74, 6) is -0.209. The summed E-state index contributed by atoms with van der Waals surface area (Å²) in [6.07, 6.45) is 5.17. The van der Waals surface area contributed by atoms with Crippen LogP contribution in [0.5, 0.6) is 0 Å². The molecular weight excluding hydrogens is 448 g/mol. The Kier molecular flexibility index (Phi) is 6.24. The van der Waals surface area contributed by atoms with Crippen molar-refractivity contribution >= 4 is 45.2 Å². The van der Waals surface area contributed by atoms with E-state index in [-0.39, 0.29) is 5.91 Å². The van der Waals surface area contributed by atoms with Crippen LogP contribution in [0.25, 0.3) is 10.9 Å². The Bertz CT molecular complexity index is 1590. The minimum atomic E-state index is -0.209. The van der Waals surface area contributed by atoms with E-state index in [4.69, 9.17) is 0 Å². The first-order valence-electron chi connectivity index (χ1n) is 11.3. The fraction of sp³-hybridized carbons (Fsp3) is 0.0345. The SMILES string of the molecule is Cc1ccc(C(=O)Nc2ccc(Nc3ccncc3)cc2)cc1Nc1ccnc2ccc(C#N)cc12. The predicted octanol–water partition coefficient (Wildman–Crippen LogP) is 6.55. The number of pyridine rings is 2. The van der Waals surface area contributed by atoms with Crippen LogP contribution in [0.15, 0.2) is 97.5 Å². The number of aryl methyl sites for hydroxylation is 1. The van der Waals surface area contributed by atoms with Crippen LogP contribution < -0.4 is 16.0 Å². The molecule has 3 aromatic carbocycles. The summed E-state index contributed by atoms with van der Waals surface area (Å²) in [7, 11) is 0. The van der Waals surface area contributed by atoms with E-state index in [2.05, 4.69) is 32.0 Å². The normalized spacial score (nSPS) is 10.4. The van der Waals surface area contributed by atoms with Crippen molar-refractivity contribution in [2.24, 2.45) is 0 Å². The first-order chi connectivity index (χ1) is 17.6. The van der Waals surface area contributed by atoms with Gasteiger partial charge in [0.2, 0.25) is 0 Å². The summed E-state index contributed by atoms with van der Waals surface area (Å²) < 4.78 is 0. The van der Waals surface area contributed by atoms with Gasteiger partial charge in [-0.3, -0.25) is 14.8 Å². The maximum absolute atomic E-state index is 13.0. The van der Waals surface area contributed by atoms with Crippen LogP contribution in [-0.2, 0) is 0 Å². The largest absolute Gasteiger partial charge is 0.355 e. The molecule has 36 heavy (non-hydrogen) atoms. The predicted molar refractivity (Wildman–Crippen MR) is 143 cm³/mol. The highest BCUT2D eigenvalue weighted by atomic mass is 16.1. The first-order valence-corrected chi connectivity index (χ1v) is 11.3. The van der Waals surface area contributed by atoms with Crippen LogP contribution in [0, 0.1) is 18.3 Å². The molecule has 0 bridgehead atoms. The molecule has 5 aromatic rings. The Morgan fingerprint density at radius 3 is 2.31 bits per heavy atom. The number of hydrogen-bond acceptors (Lipinski definition) is 6. The topological polar surface area (TPSA) is 103 Å². The van der Waals surface area contributed by atoms with E-state index >= 15 is 0 Å². The van der Waals surface area contributed by atoms with Crippen molar-refractivity contribution in [3.05, 3.63) is 114 Å². The molecule has 0 unspecified atom stereocenters. The van der Waals surface area contributed by atoms with Gasteiger partial charge in [-0.15, -0.1) is 0 Å². The Labute approximate surface area is 208 Å². The van der Waals surface area contributed by atoms with E-state index < -0.39 is 0 Å². The molecule has 7 heteroatoms. The number of nitriles is 1. The van der Waals surface area contributed by atoms with Crippen molar-refractivity contribution in [2.75, 3.05) is 16.0 Å². The van der Waals surface area contributed by atoms with E-state index in [9.17, 15) is 10.1 Å². The molecule has 2 aromatic heterocycles. The van der Waals surface area contributed by atoms with E-state index in [1.807, 2.05) is 73.7 Å². The van der Waals surface area contributed by atoms with Gasteiger partial charge in [0.25, 0.3) is 5.91 Å². The molecule has 0 aliphatic carbocycles. The Balaban J connectivity index is 1.33. The average Bonchev–Trinajstić information content (AvgIpc) is 2.91. The number of carbonyl (C=O) groups is 1. The van der Waals surface area contributed by atoms with Crippen molar-refractivity contribution in [3.8, 4) is 6.07 Å². The Morgan fingerprint density at radius 1 is 0.778 bits per heavy atom. The number of carbonyl (C=O) groups excluding carboxylic acids is 1. The quantitative estimate of drug-likeness (QED) is 0.260. The second-order valence-electron chi connectivity index (χ2n) is 8.25. The lowest BCUT2D eigenvalue weighted by Gasteiger charge is -2.14. The zero-order chi connectivity index (χ0) is 24.9. The van der Waals surface area contributed by atoms with Gasteiger partial charge in [-0.05, 0) is 85.3 Å². The van der Waals surface area contributed by atoms with Crippen LogP contribution in [-0.4, -0.2) is 15.9 Å². The third kappa shape index (κ3) is 4.98. The molecule has 0 radical (unpaired) electrons. The molecule has 0 aliphatic rings. The number of rotatable bonds is 6. The molecule has 1 amide bonds. The number of nitrogens with zero attached hydrogens (tertiary/aromatic N) is 3. The number of aromatic nitrogens is 2. The Hall–Kier alpha value is -5.22. The zero-order valence-corrected chi connectivity index (χ0v) is 19.5. The number of benzene rings is 3. The van der Waals surface area contributed by atoms with E-state index in [0.29, 0.717) is 16.8 Å². The van der Waals surface area contributed by atoms with Crippen LogP contribution in [0.2, 0.25) is 0 Å². The molecule has 7 nitrogen and oxygen atoms in total. The van der Waals surface area contributed by atoms with Gasteiger partial charge in [-0.1, -0.05) is 6.07 Å². The van der Waals surface area contributed by atoms with Crippen molar-refractivity contribution in [1.82, 2.24) is 9.97 Å². The molecule has 5 rings (SSSR count). The van der Waals surface area contributed by atoms with Crippen LogP contribution in [0.4, 0.5) is 28.4 Å². The fourth-order valence-corrected chi connectivity index (χ4v) is 3.81. The molecule has 0 saturated carbocycles. The average molecular weight is 471 g/mol. The van der Waals surface area contributed by atoms with E-state index in [0.717, 1.165) is 39.2 Å². The van der Waals surface area contributed by atoms with Crippen LogP contribution in [0.3, 0.4) is 0 Å². The molecule has 0 atom stereocenters. The van der Waals surface area contributed by atoms with Gasteiger partial charge in [0, 0.05) is 58.0 Å². The van der Waals surface area contributed by atoms with Crippen molar-refractivity contribution in [3.63, 3.8) is 0 Å². The van der Waals surface area contributed by atoms with E-state index in [1.54, 1.807) is 30.7 Å². The summed E-state index contributed by atoms with van der Waals surface area (Å²) in [4.78, 5) is 21.4. The van der Waals surface area contributed by atoms with Crippen molar-refractivity contribution in [1.29, 1.82) is 5.26 Å². The smallest absolute Gasteiger partial charge is 0.255 e. The zero-order valence-electron chi connectivity index (χ0n) is 19.5. The van der Waals surface area contributed by atoms with Gasteiger partial charge >= 0.3 is 0 Å². The molecule has 3 N–H and O–H groups in total. The number of amides is 1. The summed E-state index contributed by atoms with van der Waals surface area (Å²) in [5, 5.41) is 19.8. The molecular formula is C29H22N6O. The highest BCUT2D eigenvalue weighted by molar-refractivity contribution is 6.05. The molecule has 2 heterocycles. The minimum Gasteiger partial charge on any atom is -0.355 e. The number of fused-ring (bicyclic) bond motifs is 1. The second kappa shape index (κ2) is 9.95. The third-order valence-electron chi connectivity index (χ3n) is 5.75. The van der Waals surface area contributed by atoms with Crippen LogP contribution >= 0.6 is 0 Å². The van der Waals surface area contributed by atoms with Gasteiger partial charge in [-0.25, -0.2) is 0 Å². The molecule has 0 spiro atoms. The van der Waals surface area contributed by atoms with Crippen molar-refractivity contribution < 1.29 is 4.79 Å². The molecule has 0 fully saturated rings. The lowest BCUT2D eigenvalue weighted by Crippen LogP contribution is -2.12. The highest BCUT2D eigenvalue weighted by Gasteiger charge is 2.11. The van der Waals surface area contributed by atoms with Crippen molar-refractivity contribution in [2.45, 2.75) is 6.92 Å². The maximum atomic E-state index is 13.0. The van der Waals surface area contributed by atoms with Gasteiger partial charge in [0.05, 0.1) is 17.1 Å². The van der Waals surface area contributed by atoms with E-state index in [1.165, 1.54) is 0 Å². The fourth-order valence-electron chi connectivity index (χ4n) is 3.81. The third-order valence-corrected chi connectivity index (χ3v) is 5.75. The highest BCUT2D eigenvalue weighted by Crippen LogP contribution is 2.28. The minimum absolute atomic E-state index is 0.209. The summed E-state index contributed by atoms with van der Waals surface area (Å²) in [6.45, 7) is 1.97. The summed E-state index contributed by atoms with van der Waals surface area (Å²) in [5.41, 5.74) is 7.01. The maximum Gasteiger partial charge on any atom is 0.255 e. The second-order valence-corrected chi connectivity index (χ2v) is 8.25. The summed E-state index contributed by atoms with van der Waals surface area (Å²) >= 11 is 0. The molecule has 0 aliphatic heterocycles. The first kappa shape index (κ1) is 22.6. The van der Waals surface area contributed by atoms with Crippen LogP contribution in [0.1, 0.15) is 21.5 Å². The molecule has 174 valence electrons. The lowest BCUT2D eigenvalue weighted by atomic mass is 10.1. The van der Waals surface area contributed by atoms with Gasteiger partial charge < -0.3 is 16.0 Å². The van der Waals surface area contributed by atoms with Gasteiger partial charge in [-0.2, -0.15) is 5.26 Å². The number of hydrogen-bond donors (Lipinski definition) is 3. The number of anilines is 5. The number of nitrogens with one attached hydrogen (secondary N) is 3. The Morgan fingerprint density at radius 2 is 1.53 bits per heavy atom. The molecule has 0 saturated heterocycles.